The van der Waals surface area contributed by atoms with Gasteiger partial charge in [0.15, 0.2) is 5.78 Å². The average molecular weight is 691 g/mol. The SMILES string of the molecule is O=C(O)/C=C/C(=O)O.[N-]=[N+]=Nc1ccc2c(c1)Sc1ccccc1N2CCCCN1CCN(Cc2ccc(C(=O)c3ccccc3)cc2)CC1. The Morgan fingerprint density at radius 3 is 2.00 bits per heavy atom. The Hall–Kier alpha value is -5.39. The van der Waals surface area contributed by atoms with Crippen molar-refractivity contribution in [3.05, 3.63) is 136 Å². The first-order valence-electron chi connectivity index (χ1n) is 16.3. The molecule has 2 heterocycles. The highest BCUT2D eigenvalue weighted by molar-refractivity contribution is 7.99. The fourth-order valence-corrected chi connectivity index (χ4v) is 7.00. The Labute approximate surface area is 295 Å². The predicted molar refractivity (Wildman–Crippen MR) is 194 cm³/mol. The number of rotatable bonds is 12. The van der Waals surface area contributed by atoms with Crippen LogP contribution in [-0.4, -0.2) is 77.0 Å². The Balaban J connectivity index is 0.000000544. The summed E-state index contributed by atoms with van der Waals surface area (Å²) in [6.07, 6.45) is 3.37. The second kappa shape index (κ2) is 17.8. The number of fused-ring (bicyclic) bond motifs is 2. The van der Waals surface area contributed by atoms with Crippen LogP contribution in [0.3, 0.4) is 0 Å². The Kier molecular flexibility index (Phi) is 12.8. The van der Waals surface area contributed by atoms with Gasteiger partial charge in [-0.1, -0.05) is 89.7 Å². The molecule has 50 heavy (non-hydrogen) atoms. The van der Waals surface area contributed by atoms with Gasteiger partial charge in [-0.3, -0.25) is 9.69 Å². The fourth-order valence-electron chi connectivity index (χ4n) is 5.87. The van der Waals surface area contributed by atoms with Gasteiger partial charge in [0, 0.05) is 82.9 Å². The van der Waals surface area contributed by atoms with Crippen LogP contribution in [0.25, 0.3) is 10.4 Å². The molecule has 0 unspecified atom stereocenters. The van der Waals surface area contributed by atoms with Gasteiger partial charge in [-0.2, -0.15) is 0 Å². The lowest BCUT2D eigenvalue weighted by molar-refractivity contribution is -0.134. The number of ketones is 1. The number of piperazine rings is 1. The van der Waals surface area contributed by atoms with Crippen LogP contribution in [0, 0.1) is 0 Å². The molecular weight excluding hydrogens is 653 g/mol. The van der Waals surface area contributed by atoms with Crippen molar-refractivity contribution in [3.8, 4) is 0 Å². The second-order valence-electron chi connectivity index (χ2n) is 11.8. The lowest BCUT2D eigenvalue weighted by Gasteiger charge is -2.35. The number of carbonyl (C=O) groups is 3. The number of carboxylic acids is 2. The Bertz CT molecular complexity index is 1850. The number of anilines is 2. The van der Waals surface area contributed by atoms with E-state index in [0.717, 1.165) is 74.7 Å². The third-order valence-corrected chi connectivity index (χ3v) is 9.48. The zero-order chi connectivity index (χ0) is 35.3. The molecule has 0 amide bonds. The summed E-state index contributed by atoms with van der Waals surface area (Å²) in [4.78, 5) is 44.6. The highest BCUT2D eigenvalue weighted by atomic mass is 32.2. The van der Waals surface area contributed by atoms with Crippen molar-refractivity contribution >= 4 is 46.5 Å². The Morgan fingerprint density at radius 2 is 1.32 bits per heavy atom. The zero-order valence-electron chi connectivity index (χ0n) is 27.5. The van der Waals surface area contributed by atoms with Crippen LogP contribution in [0.4, 0.5) is 17.1 Å². The van der Waals surface area contributed by atoms with E-state index >= 15 is 0 Å². The summed E-state index contributed by atoms with van der Waals surface area (Å²) < 4.78 is 0. The van der Waals surface area contributed by atoms with E-state index in [1.54, 1.807) is 11.8 Å². The maximum absolute atomic E-state index is 12.7. The molecular formula is C38H38N6O5S. The molecule has 0 atom stereocenters. The monoisotopic (exact) mass is 690 g/mol. The van der Waals surface area contributed by atoms with Crippen LogP contribution in [0.15, 0.2) is 124 Å². The minimum atomic E-state index is -1.26. The summed E-state index contributed by atoms with van der Waals surface area (Å²) in [5.41, 5.74) is 14.6. The summed E-state index contributed by atoms with van der Waals surface area (Å²) in [6.45, 7) is 7.26. The molecule has 256 valence electrons. The number of benzene rings is 4. The molecule has 0 radical (unpaired) electrons. The first-order chi connectivity index (χ1) is 24.3. The van der Waals surface area contributed by atoms with Gasteiger partial charge < -0.3 is 20.0 Å². The van der Waals surface area contributed by atoms with E-state index in [2.05, 4.69) is 67.2 Å². The number of carbonyl (C=O) groups excluding carboxylic acids is 1. The van der Waals surface area contributed by atoms with E-state index in [-0.39, 0.29) is 5.78 Å². The number of para-hydroxylation sites is 1. The molecule has 0 bridgehead atoms. The van der Waals surface area contributed by atoms with Crippen molar-refractivity contribution in [2.24, 2.45) is 5.11 Å². The van der Waals surface area contributed by atoms with E-state index in [0.29, 0.717) is 17.8 Å². The fraction of sp³-hybridized carbons (Fsp3) is 0.237. The van der Waals surface area contributed by atoms with Crippen molar-refractivity contribution < 1.29 is 24.6 Å². The molecule has 2 aliphatic rings. The third kappa shape index (κ3) is 10.1. The summed E-state index contributed by atoms with van der Waals surface area (Å²) in [7, 11) is 0. The van der Waals surface area contributed by atoms with Gasteiger partial charge in [-0.15, -0.1) is 0 Å². The van der Waals surface area contributed by atoms with E-state index in [9.17, 15) is 14.4 Å². The van der Waals surface area contributed by atoms with Crippen molar-refractivity contribution in [1.29, 1.82) is 0 Å². The molecule has 1 fully saturated rings. The van der Waals surface area contributed by atoms with Gasteiger partial charge >= 0.3 is 11.9 Å². The molecule has 4 aromatic rings. The van der Waals surface area contributed by atoms with Gasteiger partial charge in [-0.05, 0) is 54.7 Å². The number of hydrogen-bond donors (Lipinski definition) is 2. The van der Waals surface area contributed by atoms with Crippen molar-refractivity contribution in [2.75, 3.05) is 44.2 Å². The standard InChI is InChI=1S/C34H34N6OS.C4H4O4/c35-37-36-29-16-17-31-33(24-29)42-32-11-5-4-10-30(32)40(31)19-7-6-18-38-20-22-39(23-21-38)25-26-12-14-28(15-13-26)34(41)27-8-2-1-3-9-27;5-3(6)1-2-4(7)8/h1-5,8-17,24H,6-7,18-23,25H2;1-2H,(H,5,6)(H,7,8)/b;2-1+. The summed E-state index contributed by atoms with van der Waals surface area (Å²) >= 11 is 1.74. The lowest BCUT2D eigenvalue weighted by atomic mass is 10.0. The highest BCUT2D eigenvalue weighted by Gasteiger charge is 2.23. The quantitative estimate of drug-likeness (QED) is 0.0379. The topological polar surface area (TPSA) is 150 Å². The normalized spacial score (nSPS) is 14.1. The van der Waals surface area contributed by atoms with Gasteiger partial charge in [0.2, 0.25) is 0 Å². The van der Waals surface area contributed by atoms with Crippen LogP contribution < -0.4 is 4.90 Å². The molecule has 2 N–H and O–H groups in total. The zero-order valence-corrected chi connectivity index (χ0v) is 28.3. The van der Waals surface area contributed by atoms with Crippen LogP contribution in [0.2, 0.25) is 0 Å². The Morgan fingerprint density at radius 1 is 0.720 bits per heavy atom. The van der Waals surface area contributed by atoms with E-state index in [4.69, 9.17) is 15.7 Å². The maximum Gasteiger partial charge on any atom is 0.328 e. The third-order valence-electron chi connectivity index (χ3n) is 8.37. The number of carboxylic acid groups (broad SMARTS) is 2. The largest absolute Gasteiger partial charge is 0.478 e. The molecule has 4 aromatic carbocycles. The van der Waals surface area contributed by atoms with Gasteiger partial charge in [0.25, 0.3) is 0 Å². The van der Waals surface area contributed by atoms with Crippen LogP contribution in [0.5, 0.6) is 0 Å². The molecule has 11 nitrogen and oxygen atoms in total. The second-order valence-corrected chi connectivity index (χ2v) is 12.9. The van der Waals surface area contributed by atoms with Crippen molar-refractivity contribution in [1.82, 2.24) is 9.80 Å². The minimum Gasteiger partial charge on any atom is -0.478 e. The molecule has 0 aliphatic carbocycles. The summed E-state index contributed by atoms with van der Waals surface area (Å²) in [6, 6.07) is 32.1. The van der Waals surface area contributed by atoms with Gasteiger partial charge in [0.05, 0.1) is 11.4 Å². The number of nitrogens with zero attached hydrogens (tertiary/aromatic N) is 6. The van der Waals surface area contributed by atoms with Crippen LogP contribution in [-0.2, 0) is 16.1 Å². The molecule has 6 rings (SSSR count). The molecule has 2 aliphatic heterocycles. The van der Waals surface area contributed by atoms with Gasteiger partial charge in [-0.25, -0.2) is 9.59 Å². The molecule has 1 saturated heterocycles. The number of aliphatic carboxylic acids is 2. The first kappa shape index (κ1) is 35.9. The van der Waals surface area contributed by atoms with Gasteiger partial charge in [0.1, 0.15) is 0 Å². The number of hydrogen-bond acceptors (Lipinski definition) is 8. The minimum absolute atomic E-state index is 0.0721. The number of azide groups is 1. The smallest absolute Gasteiger partial charge is 0.328 e. The lowest BCUT2D eigenvalue weighted by Crippen LogP contribution is -2.46. The van der Waals surface area contributed by atoms with E-state index in [1.165, 1.54) is 21.8 Å². The summed E-state index contributed by atoms with van der Waals surface area (Å²) in [5.74, 6) is -2.44. The van der Waals surface area contributed by atoms with Crippen molar-refractivity contribution in [2.45, 2.75) is 29.2 Å². The van der Waals surface area contributed by atoms with Crippen molar-refractivity contribution in [3.63, 3.8) is 0 Å². The first-order valence-corrected chi connectivity index (χ1v) is 17.1. The molecule has 0 aromatic heterocycles. The van der Waals surface area contributed by atoms with Crippen LogP contribution >= 0.6 is 11.8 Å². The summed E-state index contributed by atoms with van der Waals surface area (Å²) in [5, 5.41) is 19.4. The maximum atomic E-state index is 12.7. The highest BCUT2D eigenvalue weighted by Crippen LogP contribution is 2.49. The number of unbranched alkanes of at least 4 members (excludes halogenated alkanes) is 1. The molecule has 12 heteroatoms. The van der Waals surface area contributed by atoms with E-state index in [1.807, 2.05) is 54.6 Å². The molecule has 0 saturated carbocycles. The average Bonchev–Trinajstić information content (AvgIpc) is 3.13. The molecule has 0 spiro atoms. The predicted octanol–water partition coefficient (Wildman–Crippen LogP) is 7.77. The van der Waals surface area contributed by atoms with Crippen LogP contribution in [0.1, 0.15) is 34.3 Å². The van der Waals surface area contributed by atoms with E-state index < -0.39 is 11.9 Å².